The van der Waals surface area contributed by atoms with Crippen molar-refractivity contribution in [1.82, 2.24) is 4.98 Å². The Morgan fingerprint density at radius 3 is 2.78 bits per heavy atom. The average molecular weight is 244 g/mol. The molecule has 0 aliphatic rings. The van der Waals surface area contributed by atoms with Gasteiger partial charge in [0.05, 0.1) is 18.2 Å². The van der Waals surface area contributed by atoms with Crippen LogP contribution >= 0.6 is 0 Å². The van der Waals surface area contributed by atoms with Crippen molar-refractivity contribution >= 4 is 16.6 Å². The highest BCUT2D eigenvalue weighted by molar-refractivity contribution is 5.91. The molecule has 0 bridgehead atoms. The van der Waals surface area contributed by atoms with E-state index in [9.17, 15) is 0 Å². The van der Waals surface area contributed by atoms with Gasteiger partial charge in [0, 0.05) is 24.4 Å². The fourth-order valence-electron chi connectivity index (χ4n) is 2.01. The van der Waals surface area contributed by atoms with Gasteiger partial charge in [-0.1, -0.05) is 19.9 Å². The van der Waals surface area contributed by atoms with Crippen molar-refractivity contribution < 1.29 is 4.74 Å². The molecule has 18 heavy (non-hydrogen) atoms. The minimum atomic E-state index is 0.306. The van der Waals surface area contributed by atoms with Gasteiger partial charge >= 0.3 is 0 Å². The first-order valence-electron chi connectivity index (χ1n) is 6.31. The summed E-state index contributed by atoms with van der Waals surface area (Å²) in [5, 5.41) is 4.71. The molecule has 0 radical (unpaired) electrons. The number of benzene rings is 1. The zero-order valence-electron chi connectivity index (χ0n) is 11.2. The summed E-state index contributed by atoms with van der Waals surface area (Å²) in [4.78, 5) is 4.37. The fourth-order valence-corrected chi connectivity index (χ4v) is 2.01. The van der Waals surface area contributed by atoms with E-state index in [1.807, 2.05) is 24.4 Å². The van der Waals surface area contributed by atoms with E-state index in [2.05, 4.69) is 36.3 Å². The third kappa shape index (κ3) is 2.79. The van der Waals surface area contributed by atoms with Crippen molar-refractivity contribution in [3.63, 3.8) is 0 Å². The molecule has 0 saturated carbocycles. The summed E-state index contributed by atoms with van der Waals surface area (Å²) in [6, 6.07) is 10.5. The molecular formula is C15H20N2O. The van der Waals surface area contributed by atoms with E-state index in [4.69, 9.17) is 4.74 Å². The van der Waals surface area contributed by atoms with Gasteiger partial charge in [0.25, 0.3) is 0 Å². The minimum Gasteiger partial charge on any atom is -0.383 e. The van der Waals surface area contributed by atoms with Crippen LogP contribution in [0.4, 0.5) is 5.69 Å². The molecule has 0 fully saturated rings. The van der Waals surface area contributed by atoms with Crippen LogP contribution in [0.15, 0.2) is 36.5 Å². The van der Waals surface area contributed by atoms with Crippen molar-refractivity contribution in [3.05, 3.63) is 36.5 Å². The van der Waals surface area contributed by atoms with Crippen LogP contribution in [-0.2, 0) is 4.74 Å². The van der Waals surface area contributed by atoms with Crippen LogP contribution in [0.25, 0.3) is 10.9 Å². The molecule has 96 valence electrons. The highest BCUT2D eigenvalue weighted by Crippen LogP contribution is 2.23. The standard InChI is InChI=1S/C15H20N2O/c1-11(2)15(10-18-3)17-14-8-4-7-13-12(14)6-5-9-16-13/h4-9,11,15,17H,10H2,1-3H3. The van der Waals surface area contributed by atoms with Gasteiger partial charge in [-0.25, -0.2) is 0 Å². The van der Waals surface area contributed by atoms with Gasteiger partial charge in [0.2, 0.25) is 0 Å². The molecule has 0 aliphatic carbocycles. The molecule has 1 atom stereocenters. The summed E-state index contributed by atoms with van der Waals surface area (Å²) in [5.74, 6) is 0.511. The number of rotatable bonds is 5. The lowest BCUT2D eigenvalue weighted by atomic mass is 10.0. The third-order valence-corrected chi connectivity index (χ3v) is 3.14. The predicted molar refractivity (Wildman–Crippen MR) is 75.9 cm³/mol. The number of aromatic nitrogens is 1. The number of pyridine rings is 1. The van der Waals surface area contributed by atoms with Crippen LogP contribution in [0.1, 0.15) is 13.8 Å². The Morgan fingerprint density at radius 2 is 2.06 bits per heavy atom. The van der Waals surface area contributed by atoms with E-state index in [1.165, 1.54) is 0 Å². The Kier molecular flexibility index (Phi) is 4.15. The van der Waals surface area contributed by atoms with Crippen molar-refractivity contribution in [2.75, 3.05) is 19.0 Å². The Bertz CT molecular complexity index is 505. The monoisotopic (exact) mass is 244 g/mol. The lowest BCUT2D eigenvalue weighted by molar-refractivity contribution is 0.171. The summed E-state index contributed by atoms with van der Waals surface area (Å²) in [5.41, 5.74) is 2.14. The molecule has 0 saturated heterocycles. The number of methoxy groups -OCH3 is 1. The molecule has 2 aromatic rings. The highest BCUT2D eigenvalue weighted by atomic mass is 16.5. The van der Waals surface area contributed by atoms with Crippen molar-refractivity contribution in [3.8, 4) is 0 Å². The first-order chi connectivity index (χ1) is 8.72. The van der Waals surface area contributed by atoms with Crippen molar-refractivity contribution in [2.45, 2.75) is 19.9 Å². The molecule has 1 N–H and O–H groups in total. The first kappa shape index (κ1) is 12.8. The summed E-state index contributed by atoms with van der Waals surface area (Å²) < 4.78 is 5.27. The molecule has 0 aliphatic heterocycles. The number of nitrogens with zero attached hydrogens (tertiary/aromatic N) is 1. The minimum absolute atomic E-state index is 0.306. The number of nitrogens with one attached hydrogen (secondary N) is 1. The van der Waals surface area contributed by atoms with E-state index in [0.29, 0.717) is 18.6 Å². The van der Waals surface area contributed by atoms with Crippen LogP contribution in [0, 0.1) is 5.92 Å². The van der Waals surface area contributed by atoms with Crippen LogP contribution < -0.4 is 5.32 Å². The van der Waals surface area contributed by atoms with Gasteiger partial charge in [-0.15, -0.1) is 0 Å². The maximum atomic E-state index is 5.27. The molecule has 0 spiro atoms. The Labute approximate surface area is 108 Å². The number of ether oxygens (including phenoxy) is 1. The number of hydrogen-bond donors (Lipinski definition) is 1. The second-order valence-corrected chi connectivity index (χ2v) is 4.83. The highest BCUT2D eigenvalue weighted by Gasteiger charge is 2.13. The second kappa shape index (κ2) is 5.83. The van der Waals surface area contributed by atoms with Crippen LogP contribution in [0.5, 0.6) is 0 Å². The van der Waals surface area contributed by atoms with Gasteiger partial charge in [-0.2, -0.15) is 0 Å². The smallest absolute Gasteiger partial charge is 0.0722 e. The molecule has 1 aromatic carbocycles. The van der Waals surface area contributed by atoms with Gasteiger partial charge in [-0.3, -0.25) is 4.98 Å². The van der Waals surface area contributed by atoms with Crippen LogP contribution in [0.2, 0.25) is 0 Å². The van der Waals surface area contributed by atoms with E-state index < -0.39 is 0 Å². The topological polar surface area (TPSA) is 34.1 Å². The van der Waals surface area contributed by atoms with Crippen molar-refractivity contribution in [1.29, 1.82) is 0 Å². The van der Waals surface area contributed by atoms with Crippen LogP contribution in [-0.4, -0.2) is 24.7 Å². The number of anilines is 1. The van der Waals surface area contributed by atoms with Gasteiger partial charge in [-0.05, 0) is 30.2 Å². The summed E-state index contributed by atoms with van der Waals surface area (Å²) in [6.07, 6.45) is 1.82. The maximum Gasteiger partial charge on any atom is 0.0722 e. The molecule has 1 aromatic heterocycles. The van der Waals surface area contributed by atoms with Crippen molar-refractivity contribution in [2.24, 2.45) is 5.92 Å². The molecule has 1 heterocycles. The van der Waals surface area contributed by atoms with E-state index in [0.717, 1.165) is 16.6 Å². The van der Waals surface area contributed by atoms with E-state index in [-0.39, 0.29) is 0 Å². The normalized spacial score (nSPS) is 12.9. The van der Waals surface area contributed by atoms with E-state index >= 15 is 0 Å². The maximum absolute atomic E-state index is 5.27. The summed E-state index contributed by atoms with van der Waals surface area (Å²) in [7, 11) is 1.74. The molecule has 2 rings (SSSR count). The first-order valence-corrected chi connectivity index (χ1v) is 6.31. The fraction of sp³-hybridized carbons (Fsp3) is 0.400. The zero-order chi connectivity index (χ0) is 13.0. The summed E-state index contributed by atoms with van der Waals surface area (Å²) >= 11 is 0. The Morgan fingerprint density at radius 1 is 1.22 bits per heavy atom. The van der Waals surface area contributed by atoms with Gasteiger partial charge < -0.3 is 10.1 Å². The predicted octanol–water partition coefficient (Wildman–Crippen LogP) is 3.32. The molecular weight excluding hydrogens is 224 g/mol. The zero-order valence-corrected chi connectivity index (χ0v) is 11.2. The SMILES string of the molecule is COCC(Nc1cccc2ncccc12)C(C)C. The largest absolute Gasteiger partial charge is 0.383 e. The third-order valence-electron chi connectivity index (χ3n) is 3.14. The van der Waals surface area contributed by atoms with Crippen LogP contribution in [0.3, 0.4) is 0 Å². The number of fused-ring (bicyclic) bond motifs is 1. The molecule has 1 unspecified atom stereocenters. The average Bonchev–Trinajstić information content (AvgIpc) is 2.38. The quantitative estimate of drug-likeness (QED) is 0.876. The van der Waals surface area contributed by atoms with E-state index in [1.54, 1.807) is 7.11 Å². The lowest BCUT2D eigenvalue weighted by Gasteiger charge is -2.23. The van der Waals surface area contributed by atoms with Gasteiger partial charge in [0.1, 0.15) is 0 Å². The Hall–Kier alpha value is -1.61. The summed E-state index contributed by atoms with van der Waals surface area (Å²) in [6.45, 7) is 5.09. The molecule has 3 nitrogen and oxygen atoms in total. The Balaban J connectivity index is 2.30. The van der Waals surface area contributed by atoms with Gasteiger partial charge in [0.15, 0.2) is 0 Å². The number of hydrogen-bond acceptors (Lipinski definition) is 3. The lowest BCUT2D eigenvalue weighted by Crippen LogP contribution is -2.30. The molecule has 0 amide bonds. The molecule has 3 heteroatoms. The second-order valence-electron chi connectivity index (χ2n) is 4.83.